The summed E-state index contributed by atoms with van der Waals surface area (Å²) in [6, 6.07) is 4.80. The number of carbonyl (C=O) groups is 2. The Kier molecular flexibility index (Phi) is 34.4. The van der Waals surface area contributed by atoms with Crippen LogP contribution in [-0.2, 0) is 36.8 Å². The molecule has 0 spiro atoms. The van der Waals surface area contributed by atoms with Gasteiger partial charge in [-0.1, -0.05) is 129 Å². The molecule has 2 saturated carbocycles. The quantitative estimate of drug-likeness (QED) is 0.0258. The van der Waals surface area contributed by atoms with Gasteiger partial charge in [0.2, 0.25) is 0 Å². The summed E-state index contributed by atoms with van der Waals surface area (Å²) in [5, 5.41) is 0. The first-order valence-electron chi connectivity index (χ1n) is 28.7. The summed E-state index contributed by atoms with van der Waals surface area (Å²) in [6.45, 7) is 28.8. The minimum atomic E-state index is -1.68. The molecule has 0 bridgehead atoms. The van der Waals surface area contributed by atoms with Gasteiger partial charge in [0, 0.05) is 25.4 Å². The van der Waals surface area contributed by atoms with E-state index in [4.69, 9.17) is 27.2 Å². The molecule has 12 heteroatoms. The van der Waals surface area contributed by atoms with Crippen molar-refractivity contribution in [2.24, 2.45) is 11.8 Å². The van der Waals surface area contributed by atoms with Gasteiger partial charge in [0.15, 0.2) is 33.3 Å². The van der Waals surface area contributed by atoms with Crippen molar-refractivity contribution in [2.45, 2.75) is 281 Å². The number of hydrogen-bond donors (Lipinski definition) is 0. The SMILES string of the molecule is C=CC(=O)OCCCC[Si](C)(C)O[Si](C)(C)CCCCCCCCCCCOC1CCC(C2CCC(OCCCCCCCCCCC[Si](C)(C)O[Si](C)(C)CCCCOC(=O)C=C)CC2)CC1. The van der Waals surface area contributed by atoms with Crippen molar-refractivity contribution in [1.29, 1.82) is 0 Å². The molecular weight excluding hydrogens is 913 g/mol. The van der Waals surface area contributed by atoms with Crippen LogP contribution in [0.1, 0.15) is 193 Å². The molecule has 2 fully saturated rings. The van der Waals surface area contributed by atoms with E-state index in [1.807, 2.05) is 0 Å². The molecule has 0 aromatic rings. The molecule has 68 heavy (non-hydrogen) atoms. The summed E-state index contributed by atoms with van der Waals surface area (Å²) >= 11 is 0. The molecule has 2 aliphatic rings. The minimum Gasteiger partial charge on any atom is -0.463 e. The molecule has 0 aromatic carbocycles. The lowest BCUT2D eigenvalue weighted by Gasteiger charge is -2.37. The number of rotatable bonds is 43. The number of hydrogen-bond acceptors (Lipinski definition) is 8. The summed E-state index contributed by atoms with van der Waals surface area (Å²) in [6.07, 6.45) is 42.1. The smallest absolute Gasteiger partial charge is 0.330 e. The normalized spacial score (nSPS) is 19.5. The minimum absolute atomic E-state index is 0.325. The van der Waals surface area contributed by atoms with Crippen molar-refractivity contribution in [3.8, 4) is 0 Å². The average Bonchev–Trinajstić information content (AvgIpc) is 3.28. The van der Waals surface area contributed by atoms with E-state index >= 15 is 0 Å². The molecule has 2 rings (SSSR count). The lowest BCUT2D eigenvalue weighted by atomic mass is 9.72. The molecule has 0 N–H and O–H groups in total. The summed E-state index contributed by atoms with van der Waals surface area (Å²) in [7, 11) is -6.63. The maximum absolute atomic E-state index is 11.2. The van der Waals surface area contributed by atoms with Gasteiger partial charge in [0.05, 0.1) is 25.4 Å². The van der Waals surface area contributed by atoms with Crippen molar-refractivity contribution in [2.75, 3.05) is 26.4 Å². The van der Waals surface area contributed by atoms with Crippen LogP contribution in [0.3, 0.4) is 0 Å². The first-order chi connectivity index (χ1) is 32.4. The zero-order valence-corrected chi connectivity index (χ0v) is 50.0. The summed E-state index contributed by atoms with van der Waals surface area (Å²) in [5.41, 5.74) is 0. The standard InChI is InChI=1S/C56H110O8Si4/c1-11-55(57)61-45-29-33-49-67(7,8)63-65(3,4)47-31-25-21-17-13-15-19-23-27-43-59-53-39-35-51(36-40-53)52-37-41-54(42-38-52)60-44-28-24-20-16-14-18-22-26-32-48-66(5,6)64-68(9,10)50-34-30-46-62-56(58)12-2/h11-12,51-54H,1-2,13-50H2,3-10H3. The van der Waals surface area contributed by atoms with Gasteiger partial charge in [-0.15, -0.1) is 0 Å². The van der Waals surface area contributed by atoms with Gasteiger partial charge in [0.25, 0.3) is 0 Å². The van der Waals surface area contributed by atoms with E-state index in [1.54, 1.807) is 0 Å². The van der Waals surface area contributed by atoms with E-state index in [9.17, 15) is 9.59 Å². The third kappa shape index (κ3) is 33.7. The topological polar surface area (TPSA) is 89.5 Å². The van der Waals surface area contributed by atoms with Crippen LogP contribution in [-0.4, -0.2) is 83.8 Å². The number of carbonyl (C=O) groups excluding carboxylic acids is 2. The van der Waals surface area contributed by atoms with Gasteiger partial charge in [-0.25, -0.2) is 9.59 Å². The van der Waals surface area contributed by atoms with Crippen molar-refractivity contribution in [3.05, 3.63) is 25.3 Å². The highest BCUT2D eigenvalue weighted by Crippen LogP contribution is 2.40. The number of ether oxygens (including phenoxy) is 4. The second-order valence-electron chi connectivity index (χ2n) is 23.6. The van der Waals surface area contributed by atoms with E-state index in [1.165, 1.54) is 191 Å². The van der Waals surface area contributed by atoms with E-state index in [2.05, 4.69) is 65.5 Å². The van der Waals surface area contributed by atoms with Crippen LogP contribution < -0.4 is 0 Å². The Morgan fingerprint density at radius 1 is 0.368 bits per heavy atom. The fourth-order valence-corrected chi connectivity index (χ4v) is 29.2. The molecule has 0 unspecified atom stereocenters. The zero-order chi connectivity index (χ0) is 50.0. The van der Waals surface area contributed by atoms with Crippen LogP contribution in [0.25, 0.3) is 0 Å². The van der Waals surface area contributed by atoms with E-state index in [0.29, 0.717) is 25.4 Å². The van der Waals surface area contributed by atoms with E-state index in [0.717, 1.165) is 62.8 Å². The molecule has 0 aromatic heterocycles. The predicted octanol–water partition coefficient (Wildman–Crippen LogP) is 17.0. The van der Waals surface area contributed by atoms with Crippen LogP contribution >= 0.6 is 0 Å². The van der Waals surface area contributed by atoms with Crippen LogP contribution in [0, 0.1) is 11.8 Å². The van der Waals surface area contributed by atoms with Crippen LogP contribution in [0.5, 0.6) is 0 Å². The Morgan fingerprint density at radius 2 is 0.603 bits per heavy atom. The number of esters is 2. The zero-order valence-electron chi connectivity index (χ0n) is 46.0. The molecule has 0 amide bonds. The van der Waals surface area contributed by atoms with Crippen molar-refractivity contribution in [3.63, 3.8) is 0 Å². The summed E-state index contributed by atoms with van der Waals surface area (Å²) < 4.78 is 36.7. The van der Waals surface area contributed by atoms with Gasteiger partial charge in [-0.3, -0.25) is 0 Å². The first kappa shape index (κ1) is 63.2. The van der Waals surface area contributed by atoms with Gasteiger partial charge < -0.3 is 27.2 Å². The predicted molar refractivity (Wildman–Crippen MR) is 299 cm³/mol. The maximum atomic E-state index is 11.2. The molecule has 398 valence electrons. The number of unbranched alkanes of at least 4 members (excludes halogenated alkanes) is 18. The van der Waals surface area contributed by atoms with Gasteiger partial charge in [-0.2, -0.15) is 0 Å². The molecule has 0 radical (unpaired) electrons. The van der Waals surface area contributed by atoms with Crippen LogP contribution in [0.2, 0.25) is 76.6 Å². The summed E-state index contributed by atoms with van der Waals surface area (Å²) in [4.78, 5) is 22.4. The van der Waals surface area contributed by atoms with Crippen LogP contribution in [0.15, 0.2) is 25.3 Å². The second-order valence-corrected chi connectivity index (χ2v) is 41.3. The lowest BCUT2D eigenvalue weighted by molar-refractivity contribution is -0.138. The molecule has 0 saturated heterocycles. The average molecular weight is 1020 g/mol. The fraction of sp³-hybridized carbons (Fsp3) is 0.893. The van der Waals surface area contributed by atoms with E-state index in [-0.39, 0.29) is 11.9 Å². The Labute approximate surface area is 424 Å². The highest BCUT2D eigenvalue weighted by Gasteiger charge is 2.34. The first-order valence-corrected chi connectivity index (χ1v) is 41.1. The molecule has 0 heterocycles. The Hall–Kier alpha value is -0.872. The monoisotopic (exact) mass is 1020 g/mol. The van der Waals surface area contributed by atoms with Gasteiger partial charge in [-0.05, 0) is 165 Å². The maximum Gasteiger partial charge on any atom is 0.330 e. The second kappa shape index (κ2) is 36.9. The van der Waals surface area contributed by atoms with Gasteiger partial charge >= 0.3 is 11.9 Å². The fourth-order valence-electron chi connectivity index (χ4n) is 11.2. The Balaban J connectivity index is 1.35. The highest BCUT2D eigenvalue weighted by atomic mass is 28.4. The van der Waals surface area contributed by atoms with Crippen molar-refractivity contribution in [1.82, 2.24) is 0 Å². The molecule has 2 aliphatic carbocycles. The molecule has 0 atom stereocenters. The summed E-state index contributed by atoms with van der Waals surface area (Å²) in [5.74, 6) is 1.19. The Bertz CT molecular complexity index is 1210. The van der Waals surface area contributed by atoms with Crippen LogP contribution in [0.4, 0.5) is 0 Å². The van der Waals surface area contributed by atoms with Crippen molar-refractivity contribution < 1.29 is 36.8 Å². The molecular formula is C56H110O8Si4. The third-order valence-electron chi connectivity index (χ3n) is 14.9. The van der Waals surface area contributed by atoms with Crippen molar-refractivity contribution >= 4 is 45.2 Å². The highest BCUT2D eigenvalue weighted by molar-refractivity contribution is 6.85. The largest absolute Gasteiger partial charge is 0.463 e. The third-order valence-corrected chi connectivity index (χ3v) is 30.0. The molecule has 0 aliphatic heterocycles. The lowest BCUT2D eigenvalue weighted by Crippen LogP contribution is -2.44. The van der Waals surface area contributed by atoms with Gasteiger partial charge in [0.1, 0.15) is 0 Å². The molecule has 8 nitrogen and oxygen atoms in total. The Morgan fingerprint density at radius 3 is 0.882 bits per heavy atom. The van der Waals surface area contributed by atoms with E-state index < -0.39 is 33.3 Å².